The van der Waals surface area contributed by atoms with Gasteiger partial charge in [0.2, 0.25) is 0 Å². The van der Waals surface area contributed by atoms with E-state index in [1.54, 1.807) is 16.8 Å². The van der Waals surface area contributed by atoms with Crippen molar-refractivity contribution in [2.45, 2.75) is 0 Å². The van der Waals surface area contributed by atoms with Gasteiger partial charge in [-0.2, -0.15) is 5.26 Å². The molecule has 0 aliphatic heterocycles. The molecule has 3 aromatic heterocycles. The first-order chi connectivity index (χ1) is 13.1. The SMILES string of the molecule is COC(=O)c1c(N)c(C#N)cn1-c1ccc2nc(-c3ccccn3)[nH]c2c1. The van der Waals surface area contributed by atoms with Crippen LogP contribution in [0.4, 0.5) is 5.69 Å². The summed E-state index contributed by atoms with van der Waals surface area (Å²) < 4.78 is 6.35. The Morgan fingerprint density at radius 2 is 2.19 bits per heavy atom. The smallest absolute Gasteiger partial charge is 0.357 e. The average molecular weight is 358 g/mol. The molecule has 3 N–H and O–H groups in total. The maximum Gasteiger partial charge on any atom is 0.357 e. The maximum absolute atomic E-state index is 12.1. The van der Waals surface area contributed by atoms with Crippen LogP contribution in [0, 0.1) is 11.3 Å². The Morgan fingerprint density at radius 1 is 1.33 bits per heavy atom. The summed E-state index contributed by atoms with van der Waals surface area (Å²) in [5.74, 6) is 0.0218. The number of esters is 1. The first kappa shape index (κ1) is 16.4. The fourth-order valence-corrected chi connectivity index (χ4v) is 2.89. The average Bonchev–Trinajstić information content (AvgIpc) is 3.28. The van der Waals surface area contributed by atoms with Crippen molar-refractivity contribution >= 4 is 22.7 Å². The van der Waals surface area contributed by atoms with Crippen molar-refractivity contribution in [1.82, 2.24) is 19.5 Å². The van der Waals surface area contributed by atoms with E-state index in [2.05, 4.69) is 15.0 Å². The fourth-order valence-electron chi connectivity index (χ4n) is 2.89. The molecule has 132 valence electrons. The highest BCUT2D eigenvalue weighted by molar-refractivity contribution is 5.96. The zero-order valence-electron chi connectivity index (χ0n) is 14.3. The highest BCUT2D eigenvalue weighted by atomic mass is 16.5. The second-order valence-corrected chi connectivity index (χ2v) is 5.78. The number of ether oxygens (including phenoxy) is 1. The lowest BCUT2D eigenvalue weighted by molar-refractivity contribution is 0.0593. The number of nitrogens with zero attached hydrogens (tertiary/aromatic N) is 4. The third-order valence-electron chi connectivity index (χ3n) is 4.19. The molecule has 4 rings (SSSR count). The molecule has 4 aromatic rings. The number of aromatic amines is 1. The third kappa shape index (κ3) is 2.67. The molecule has 0 amide bonds. The summed E-state index contributed by atoms with van der Waals surface area (Å²) in [5.41, 5.74) is 9.23. The molecule has 0 unspecified atom stereocenters. The summed E-state index contributed by atoms with van der Waals surface area (Å²) in [5, 5.41) is 9.24. The largest absolute Gasteiger partial charge is 0.464 e. The summed E-state index contributed by atoms with van der Waals surface area (Å²) in [7, 11) is 1.27. The number of nitriles is 1. The Labute approximate surface area is 153 Å². The minimum Gasteiger partial charge on any atom is -0.464 e. The van der Waals surface area contributed by atoms with Gasteiger partial charge in [0, 0.05) is 18.1 Å². The van der Waals surface area contributed by atoms with Crippen molar-refractivity contribution in [2.75, 3.05) is 12.8 Å². The van der Waals surface area contributed by atoms with Gasteiger partial charge in [-0.15, -0.1) is 0 Å². The number of aromatic nitrogens is 4. The number of fused-ring (bicyclic) bond motifs is 1. The van der Waals surface area contributed by atoms with Crippen LogP contribution in [0.3, 0.4) is 0 Å². The predicted molar refractivity (Wildman–Crippen MR) is 99.1 cm³/mol. The molecule has 8 heteroatoms. The van der Waals surface area contributed by atoms with Gasteiger partial charge in [0.05, 0.1) is 29.4 Å². The number of hydrogen-bond donors (Lipinski definition) is 2. The number of pyridine rings is 1. The Balaban J connectivity index is 1.86. The Kier molecular flexibility index (Phi) is 3.82. The number of carbonyl (C=O) groups excluding carboxylic acids is 1. The van der Waals surface area contributed by atoms with Crippen LogP contribution >= 0.6 is 0 Å². The van der Waals surface area contributed by atoms with Crippen LogP contribution in [-0.4, -0.2) is 32.6 Å². The van der Waals surface area contributed by atoms with Gasteiger partial charge < -0.3 is 20.0 Å². The lowest BCUT2D eigenvalue weighted by Crippen LogP contribution is -2.11. The minimum atomic E-state index is -0.618. The zero-order valence-corrected chi connectivity index (χ0v) is 14.3. The molecule has 0 saturated carbocycles. The van der Waals surface area contributed by atoms with E-state index in [0.29, 0.717) is 11.5 Å². The molecule has 0 aliphatic rings. The number of anilines is 1. The summed E-state index contributed by atoms with van der Waals surface area (Å²) in [6, 6.07) is 13.0. The van der Waals surface area contributed by atoms with Crippen LogP contribution in [0.15, 0.2) is 48.8 Å². The van der Waals surface area contributed by atoms with Gasteiger partial charge >= 0.3 is 5.97 Å². The third-order valence-corrected chi connectivity index (χ3v) is 4.19. The van der Waals surface area contributed by atoms with E-state index in [1.807, 2.05) is 36.4 Å². The standard InChI is InChI=1S/C19H14N6O2/c1-27-19(26)17-16(21)11(9-20)10-25(17)12-5-6-13-15(8-12)24-18(23-13)14-4-2-3-7-22-14/h2-8,10H,21H2,1H3,(H,23,24). The molecule has 8 nitrogen and oxygen atoms in total. The number of nitrogens with two attached hydrogens (primary N) is 1. The summed E-state index contributed by atoms with van der Waals surface area (Å²) in [6.07, 6.45) is 3.21. The number of rotatable bonds is 3. The van der Waals surface area contributed by atoms with Gasteiger partial charge in [-0.05, 0) is 30.3 Å². The van der Waals surface area contributed by atoms with E-state index in [1.165, 1.54) is 13.3 Å². The number of nitrogen functional groups attached to an aromatic ring is 1. The van der Waals surface area contributed by atoms with Crippen molar-refractivity contribution in [3.05, 3.63) is 60.0 Å². The monoisotopic (exact) mass is 358 g/mol. The van der Waals surface area contributed by atoms with Gasteiger partial charge in [0.1, 0.15) is 11.8 Å². The van der Waals surface area contributed by atoms with E-state index in [4.69, 9.17) is 10.5 Å². The molecular weight excluding hydrogens is 344 g/mol. The number of carbonyl (C=O) groups is 1. The van der Waals surface area contributed by atoms with Gasteiger partial charge in [0.15, 0.2) is 11.5 Å². The molecule has 0 saturated heterocycles. The van der Waals surface area contributed by atoms with Crippen LogP contribution in [0.5, 0.6) is 0 Å². The van der Waals surface area contributed by atoms with E-state index in [-0.39, 0.29) is 16.9 Å². The van der Waals surface area contributed by atoms with Crippen LogP contribution in [0.2, 0.25) is 0 Å². The molecule has 3 heterocycles. The van der Waals surface area contributed by atoms with Crippen LogP contribution in [-0.2, 0) is 4.74 Å². The van der Waals surface area contributed by atoms with E-state index in [9.17, 15) is 10.1 Å². The van der Waals surface area contributed by atoms with E-state index in [0.717, 1.165) is 16.7 Å². The zero-order chi connectivity index (χ0) is 19.0. The normalized spacial score (nSPS) is 10.7. The predicted octanol–water partition coefficient (Wildman–Crippen LogP) is 2.66. The number of benzene rings is 1. The second kappa shape index (κ2) is 6.31. The van der Waals surface area contributed by atoms with Crippen molar-refractivity contribution < 1.29 is 9.53 Å². The molecule has 0 spiro atoms. The van der Waals surface area contributed by atoms with Gasteiger partial charge in [-0.3, -0.25) is 4.98 Å². The molecule has 0 bridgehead atoms. The fraction of sp³-hybridized carbons (Fsp3) is 0.0526. The molecule has 0 fully saturated rings. The first-order valence-electron chi connectivity index (χ1n) is 8.03. The lowest BCUT2D eigenvalue weighted by Gasteiger charge is -2.08. The summed E-state index contributed by atoms with van der Waals surface area (Å²) >= 11 is 0. The van der Waals surface area contributed by atoms with E-state index >= 15 is 0 Å². The number of imidazole rings is 1. The number of nitrogens with one attached hydrogen (secondary N) is 1. The number of methoxy groups -OCH3 is 1. The van der Waals surface area contributed by atoms with E-state index < -0.39 is 5.97 Å². The minimum absolute atomic E-state index is 0.0863. The maximum atomic E-state index is 12.1. The quantitative estimate of drug-likeness (QED) is 0.543. The molecule has 1 aromatic carbocycles. The van der Waals surface area contributed by atoms with Crippen LogP contribution in [0.25, 0.3) is 28.2 Å². The van der Waals surface area contributed by atoms with Crippen molar-refractivity contribution in [3.63, 3.8) is 0 Å². The lowest BCUT2D eigenvalue weighted by atomic mass is 10.2. The number of H-pyrrole nitrogens is 1. The highest BCUT2D eigenvalue weighted by Crippen LogP contribution is 2.27. The molecular formula is C19H14N6O2. The molecule has 0 atom stereocenters. The summed E-state index contributed by atoms with van der Waals surface area (Å²) in [6.45, 7) is 0. The van der Waals surface area contributed by atoms with Crippen LogP contribution < -0.4 is 5.73 Å². The van der Waals surface area contributed by atoms with Crippen molar-refractivity contribution in [3.8, 4) is 23.3 Å². The number of hydrogen-bond acceptors (Lipinski definition) is 6. The Morgan fingerprint density at radius 3 is 2.89 bits per heavy atom. The first-order valence-corrected chi connectivity index (χ1v) is 8.03. The van der Waals surface area contributed by atoms with Crippen molar-refractivity contribution in [1.29, 1.82) is 5.26 Å². The topological polar surface area (TPSA) is 123 Å². The summed E-state index contributed by atoms with van der Waals surface area (Å²) in [4.78, 5) is 24.2. The molecule has 0 aliphatic carbocycles. The Bertz CT molecular complexity index is 1200. The van der Waals surface area contributed by atoms with Gasteiger partial charge in [-0.1, -0.05) is 6.07 Å². The van der Waals surface area contributed by atoms with Gasteiger partial charge in [-0.25, -0.2) is 9.78 Å². The molecule has 27 heavy (non-hydrogen) atoms. The highest BCUT2D eigenvalue weighted by Gasteiger charge is 2.22. The second-order valence-electron chi connectivity index (χ2n) is 5.78. The van der Waals surface area contributed by atoms with Gasteiger partial charge in [0.25, 0.3) is 0 Å². The van der Waals surface area contributed by atoms with Crippen LogP contribution in [0.1, 0.15) is 16.1 Å². The molecule has 0 radical (unpaired) electrons. The van der Waals surface area contributed by atoms with Crippen molar-refractivity contribution in [2.24, 2.45) is 0 Å². The Hall–Kier alpha value is -4.12.